The number of likely N-dealkylation sites (tertiary alicyclic amines) is 1. The summed E-state index contributed by atoms with van der Waals surface area (Å²) in [4.78, 5) is 14.2. The number of carbonyl (C=O) groups excluding carboxylic acids is 1. The fourth-order valence-corrected chi connectivity index (χ4v) is 3.12. The molecule has 4 heteroatoms. The highest BCUT2D eigenvalue weighted by Gasteiger charge is 2.30. The van der Waals surface area contributed by atoms with Crippen LogP contribution in [0.25, 0.3) is 0 Å². The molecule has 1 saturated carbocycles. The molecule has 1 aromatic rings. The maximum absolute atomic E-state index is 11.9. The van der Waals surface area contributed by atoms with Gasteiger partial charge in [0, 0.05) is 12.1 Å². The van der Waals surface area contributed by atoms with E-state index in [0.717, 1.165) is 37.8 Å². The zero-order valence-corrected chi connectivity index (χ0v) is 12.4. The van der Waals surface area contributed by atoms with Gasteiger partial charge in [0.05, 0.1) is 12.6 Å². The van der Waals surface area contributed by atoms with Crippen molar-refractivity contribution in [3.63, 3.8) is 0 Å². The summed E-state index contributed by atoms with van der Waals surface area (Å²) in [5.41, 5.74) is 0.965. The zero-order valence-electron chi connectivity index (χ0n) is 12.4. The molecule has 2 unspecified atom stereocenters. The minimum absolute atomic E-state index is 0.138. The van der Waals surface area contributed by atoms with Crippen LogP contribution >= 0.6 is 0 Å². The highest BCUT2D eigenvalue weighted by atomic mass is 16.3. The summed E-state index contributed by atoms with van der Waals surface area (Å²) in [5, 5.41) is 13.4. The molecule has 1 aromatic carbocycles. The molecule has 3 rings (SSSR count). The van der Waals surface area contributed by atoms with Crippen molar-refractivity contribution < 1.29 is 9.90 Å². The van der Waals surface area contributed by atoms with Crippen LogP contribution in [-0.4, -0.2) is 41.1 Å². The molecular weight excluding hydrogens is 264 g/mol. The van der Waals surface area contributed by atoms with Gasteiger partial charge < -0.3 is 10.4 Å². The van der Waals surface area contributed by atoms with Gasteiger partial charge >= 0.3 is 0 Å². The Hall–Kier alpha value is -1.39. The molecule has 2 fully saturated rings. The molecule has 1 saturated heterocycles. The molecule has 114 valence electrons. The molecule has 2 N–H and O–H groups in total. The van der Waals surface area contributed by atoms with Crippen LogP contribution in [0.5, 0.6) is 0 Å². The van der Waals surface area contributed by atoms with Crippen LogP contribution < -0.4 is 5.32 Å². The number of hydrogen-bond donors (Lipinski definition) is 2. The predicted octanol–water partition coefficient (Wildman–Crippen LogP) is 1.85. The van der Waals surface area contributed by atoms with Crippen molar-refractivity contribution in [1.82, 2.24) is 10.2 Å². The van der Waals surface area contributed by atoms with Crippen LogP contribution in [0.3, 0.4) is 0 Å². The Morgan fingerprint density at radius 1 is 1.29 bits per heavy atom. The third kappa shape index (κ3) is 4.05. The lowest BCUT2D eigenvalue weighted by molar-refractivity contribution is -0.122. The molecule has 21 heavy (non-hydrogen) atoms. The van der Waals surface area contributed by atoms with E-state index in [1.165, 1.54) is 0 Å². The molecule has 2 atom stereocenters. The van der Waals surface area contributed by atoms with E-state index in [-0.39, 0.29) is 5.91 Å². The van der Waals surface area contributed by atoms with Gasteiger partial charge in [-0.15, -0.1) is 0 Å². The van der Waals surface area contributed by atoms with Gasteiger partial charge in [0.2, 0.25) is 5.91 Å². The van der Waals surface area contributed by atoms with Crippen molar-refractivity contribution in [3.05, 3.63) is 35.9 Å². The minimum Gasteiger partial charge on any atom is -0.388 e. The maximum atomic E-state index is 11.9. The van der Waals surface area contributed by atoms with Gasteiger partial charge in [-0.3, -0.25) is 9.69 Å². The van der Waals surface area contributed by atoms with Crippen LogP contribution in [0, 0.1) is 0 Å². The standard InChI is InChI=1S/C17H24N2O2/c20-16(13-5-2-1-3-6-13)11-15-7-4-10-19(15)12-17(21)18-14-8-9-14/h1-3,5-6,14-16,20H,4,7-12H2,(H,18,21). The maximum Gasteiger partial charge on any atom is 0.234 e. The van der Waals surface area contributed by atoms with Crippen molar-refractivity contribution in [2.24, 2.45) is 0 Å². The summed E-state index contributed by atoms with van der Waals surface area (Å²) < 4.78 is 0. The van der Waals surface area contributed by atoms with E-state index in [1.807, 2.05) is 30.3 Å². The second-order valence-electron chi connectivity index (χ2n) is 6.27. The minimum atomic E-state index is -0.441. The topological polar surface area (TPSA) is 52.6 Å². The number of hydrogen-bond acceptors (Lipinski definition) is 3. The number of benzene rings is 1. The van der Waals surface area contributed by atoms with Crippen molar-refractivity contribution in [3.8, 4) is 0 Å². The summed E-state index contributed by atoms with van der Waals surface area (Å²) in [6.45, 7) is 1.44. The molecular formula is C17H24N2O2. The number of amides is 1. The summed E-state index contributed by atoms with van der Waals surface area (Å²) in [6.07, 6.45) is 4.71. The van der Waals surface area contributed by atoms with Crippen LogP contribution in [-0.2, 0) is 4.79 Å². The zero-order chi connectivity index (χ0) is 14.7. The first-order valence-electron chi connectivity index (χ1n) is 7.99. The first kappa shape index (κ1) is 14.5. The molecule has 1 amide bonds. The van der Waals surface area contributed by atoms with Gasteiger partial charge in [-0.25, -0.2) is 0 Å². The quantitative estimate of drug-likeness (QED) is 0.840. The molecule has 2 aliphatic rings. The van der Waals surface area contributed by atoms with Crippen molar-refractivity contribution in [2.75, 3.05) is 13.1 Å². The number of carbonyl (C=O) groups is 1. The van der Waals surface area contributed by atoms with Crippen molar-refractivity contribution >= 4 is 5.91 Å². The molecule has 1 aliphatic heterocycles. The number of nitrogens with one attached hydrogen (secondary N) is 1. The van der Waals surface area contributed by atoms with Crippen molar-refractivity contribution in [1.29, 1.82) is 0 Å². The lowest BCUT2D eigenvalue weighted by atomic mass is 10.0. The van der Waals surface area contributed by atoms with Crippen LogP contribution in [0.4, 0.5) is 0 Å². The largest absolute Gasteiger partial charge is 0.388 e. The van der Waals surface area contributed by atoms with Gasteiger partial charge in [-0.2, -0.15) is 0 Å². The monoisotopic (exact) mass is 288 g/mol. The van der Waals surface area contributed by atoms with E-state index in [1.54, 1.807) is 0 Å². The Balaban J connectivity index is 1.52. The van der Waals surface area contributed by atoms with Gasteiger partial charge in [0.1, 0.15) is 0 Å². The van der Waals surface area contributed by atoms with Gasteiger partial charge in [0.15, 0.2) is 0 Å². The first-order chi connectivity index (χ1) is 10.2. The van der Waals surface area contributed by atoms with Gasteiger partial charge in [0.25, 0.3) is 0 Å². The number of nitrogens with zero attached hydrogens (tertiary/aromatic N) is 1. The smallest absolute Gasteiger partial charge is 0.234 e. The molecule has 0 bridgehead atoms. The highest BCUT2D eigenvalue weighted by molar-refractivity contribution is 5.78. The second kappa shape index (κ2) is 6.58. The molecule has 0 spiro atoms. The summed E-state index contributed by atoms with van der Waals surface area (Å²) >= 11 is 0. The summed E-state index contributed by atoms with van der Waals surface area (Å²) in [5.74, 6) is 0.138. The van der Waals surface area contributed by atoms with Gasteiger partial charge in [-0.1, -0.05) is 30.3 Å². The molecule has 0 aromatic heterocycles. The molecule has 4 nitrogen and oxygen atoms in total. The Bertz CT molecular complexity index is 473. The SMILES string of the molecule is O=C(CN1CCCC1CC(O)c1ccccc1)NC1CC1. The van der Waals surface area contributed by atoms with Crippen LogP contribution in [0.1, 0.15) is 43.8 Å². The Labute approximate surface area is 126 Å². The first-order valence-corrected chi connectivity index (χ1v) is 7.99. The number of rotatable bonds is 6. The average molecular weight is 288 g/mol. The third-order valence-electron chi connectivity index (χ3n) is 4.47. The van der Waals surface area contributed by atoms with E-state index in [4.69, 9.17) is 0 Å². The fraction of sp³-hybridized carbons (Fsp3) is 0.588. The number of aliphatic hydroxyl groups excluding tert-OH is 1. The molecule has 0 radical (unpaired) electrons. The third-order valence-corrected chi connectivity index (χ3v) is 4.47. The normalized spacial score (nSPS) is 24.0. The Morgan fingerprint density at radius 3 is 2.76 bits per heavy atom. The fourth-order valence-electron chi connectivity index (χ4n) is 3.12. The van der Waals surface area contributed by atoms with E-state index in [9.17, 15) is 9.90 Å². The van der Waals surface area contributed by atoms with E-state index >= 15 is 0 Å². The molecule has 1 aliphatic carbocycles. The predicted molar refractivity (Wildman–Crippen MR) is 81.8 cm³/mol. The Morgan fingerprint density at radius 2 is 2.05 bits per heavy atom. The van der Waals surface area contributed by atoms with E-state index in [0.29, 0.717) is 25.0 Å². The van der Waals surface area contributed by atoms with E-state index < -0.39 is 6.10 Å². The average Bonchev–Trinajstić information content (AvgIpc) is 3.20. The van der Waals surface area contributed by atoms with Crippen molar-refractivity contribution in [2.45, 2.75) is 50.3 Å². The highest BCUT2D eigenvalue weighted by Crippen LogP contribution is 2.27. The Kier molecular flexibility index (Phi) is 4.56. The van der Waals surface area contributed by atoms with Crippen LogP contribution in [0.2, 0.25) is 0 Å². The molecule has 1 heterocycles. The van der Waals surface area contributed by atoms with E-state index in [2.05, 4.69) is 10.2 Å². The van der Waals surface area contributed by atoms with Gasteiger partial charge in [-0.05, 0) is 44.2 Å². The summed E-state index contributed by atoms with van der Waals surface area (Å²) in [7, 11) is 0. The second-order valence-corrected chi connectivity index (χ2v) is 6.27. The summed E-state index contributed by atoms with van der Waals surface area (Å²) in [6, 6.07) is 10.5. The lowest BCUT2D eigenvalue weighted by Crippen LogP contribution is -2.41. The number of aliphatic hydroxyl groups is 1. The van der Waals surface area contributed by atoms with Crippen LogP contribution in [0.15, 0.2) is 30.3 Å². The lowest BCUT2D eigenvalue weighted by Gasteiger charge is -2.26.